The second kappa shape index (κ2) is 6.23. The first kappa shape index (κ1) is 12.6. The Bertz CT molecular complexity index is 325. The number of likely N-dealkylation sites (N-methyl/N-ethyl adjacent to an activating group) is 1. The molecule has 0 bridgehead atoms. The van der Waals surface area contributed by atoms with Gasteiger partial charge in [0.15, 0.2) is 0 Å². The van der Waals surface area contributed by atoms with Gasteiger partial charge in [0, 0.05) is 12.7 Å². The van der Waals surface area contributed by atoms with E-state index >= 15 is 0 Å². The molecule has 0 atom stereocenters. The number of pyridine rings is 1. The lowest BCUT2D eigenvalue weighted by atomic mass is 10.3. The third kappa shape index (κ3) is 4.89. The zero-order chi connectivity index (χ0) is 12.0. The number of nitrogens with zero attached hydrogens (tertiary/aromatic N) is 2. The Labute approximate surface area is 96.2 Å². The molecule has 0 amide bonds. The van der Waals surface area contributed by atoms with E-state index in [4.69, 9.17) is 4.74 Å². The van der Waals surface area contributed by atoms with Crippen LogP contribution in [0.4, 0.5) is 0 Å². The van der Waals surface area contributed by atoms with Crippen molar-refractivity contribution in [3.8, 4) is 0 Å². The van der Waals surface area contributed by atoms with Gasteiger partial charge in [-0.1, -0.05) is 6.07 Å². The van der Waals surface area contributed by atoms with Crippen molar-refractivity contribution in [3.63, 3.8) is 0 Å². The molecule has 4 heteroatoms. The Morgan fingerprint density at radius 1 is 1.50 bits per heavy atom. The van der Waals surface area contributed by atoms with Crippen LogP contribution in [0, 0.1) is 0 Å². The highest BCUT2D eigenvalue weighted by atomic mass is 16.5. The molecule has 0 spiro atoms. The molecule has 0 radical (unpaired) electrons. The van der Waals surface area contributed by atoms with Gasteiger partial charge in [-0.05, 0) is 33.0 Å². The summed E-state index contributed by atoms with van der Waals surface area (Å²) in [5, 5.41) is 0. The topological polar surface area (TPSA) is 42.4 Å². The minimum absolute atomic E-state index is 0.0595. The van der Waals surface area contributed by atoms with Gasteiger partial charge in [-0.2, -0.15) is 0 Å². The van der Waals surface area contributed by atoms with Crippen molar-refractivity contribution < 1.29 is 9.53 Å². The summed E-state index contributed by atoms with van der Waals surface area (Å²) >= 11 is 0. The molecule has 0 N–H and O–H groups in total. The van der Waals surface area contributed by atoms with Crippen molar-refractivity contribution in [1.29, 1.82) is 0 Å². The van der Waals surface area contributed by atoms with Crippen molar-refractivity contribution >= 4 is 5.97 Å². The van der Waals surface area contributed by atoms with Crippen molar-refractivity contribution in [2.24, 2.45) is 0 Å². The third-order valence-corrected chi connectivity index (χ3v) is 1.92. The number of rotatable bonds is 5. The molecule has 1 aromatic rings. The number of carbonyl (C=O) groups excluding carboxylic acids is 1. The molecule has 0 aliphatic carbocycles. The fraction of sp³-hybridized carbons (Fsp3) is 0.500. The average molecular weight is 222 g/mol. The van der Waals surface area contributed by atoms with E-state index in [2.05, 4.69) is 4.98 Å². The number of carbonyl (C=O) groups is 1. The summed E-state index contributed by atoms with van der Waals surface area (Å²) in [5.74, 6) is -0.201. The zero-order valence-electron chi connectivity index (χ0n) is 10.0. The lowest BCUT2D eigenvalue weighted by molar-refractivity contribution is -0.148. The first-order valence-electron chi connectivity index (χ1n) is 5.36. The summed E-state index contributed by atoms with van der Waals surface area (Å²) in [7, 11) is 1.87. The Morgan fingerprint density at radius 2 is 2.25 bits per heavy atom. The van der Waals surface area contributed by atoms with E-state index in [0.29, 0.717) is 6.54 Å². The number of hydrogen-bond acceptors (Lipinski definition) is 4. The Morgan fingerprint density at radius 3 is 2.81 bits per heavy atom. The molecule has 0 saturated carbocycles. The maximum Gasteiger partial charge on any atom is 0.320 e. The largest absolute Gasteiger partial charge is 0.462 e. The quantitative estimate of drug-likeness (QED) is 0.707. The Kier molecular flexibility index (Phi) is 4.92. The summed E-state index contributed by atoms with van der Waals surface area (Å²) in [4.78, 5) is 17.4. The molecule has 0 fully saturated rings. The van der Waals surface area contributed by atoms with Crippen LogP contribution >= 0.6 is 0 Å². The highest BCUT2D eigenvalue weighted by Crippen LogP contribution is 1.99. The summed E-state index contributed by atoms with van der Waals surface area (Å²) < 4.78 is 5.06. The average Bonchev–Trinajstić information content (AvgIpc) is 2.17. The molecule has 88 valence electrons. The normalized spacial score (nSPS) is 10.8. The van der Waals surface area contributed by atoms with Crippen LogP contribution in [0.25, 0.3) is 0 Å². The van der Waals surface area contributed by atoms with Crippen LogP contribution < -0.4 is 0 Å². The summed E-state index contributed by atoms with van der Waals surface area (Å²) in [5.41, 5.74) is 0.947. The molecule has 16 heavy (non-hydrogen) atoms. The third-order valence-electron chi connectivity index (χ3n) is 1.92. The van der Waals surface area contributed by atoms with Gasteiger partial charge in [-0.25, -0.2) is 0 Å². The molecule has 0 aliphatic heterocycles. The molecular formula is C12H18N2O2. The standard InChI is InChI=1S/C12H18N2O2/c1-10(2)16-12(15)9-14(3)8-11-6-4-5-7-13-11/h4-7,10H,8-9H2,1-3H3. The van der Waals surface area contributed by atoms with Crippen molar-refractivity contribution in [3.05, 3.63) is 30.1 Å². The summed E-state index contributed by atoms with van der Waals surface area (Å²) in [6.07, 6.45) is 1.69. The molecule has 1 heterocycles. The first-order valence-corrected chi connectivity index (χ1v) is 5.36. The van der Waals surface area contributed by atoms with E-state index in [1.807, 2.05) is 44.0 Å². The van der Waals surface area contributed by atoms with E-state index in [0.717, 1.165) is 5.69 Å². The van der Waals surface area contributed by atoms with Crippen LogP contribution in [0.2, 0.25) is 0 Å². The first-order chi connectivity index (χ1) is 7.58. The van der Waals surface area contributed by atoms with Crippen LogP contribution in [-0.4, -0.2) is 35.5 Å². The lowest BCUT2D eigenvalue weighted by Crippen LogP contribution is -2.28. The van der Waals surface area contributed by atoms with E-state index in [9.17, 15) is 4.79 Å². The monoisotopic (exact) mass is 222 g/mol. The van der Waals surface area contributed by atoms with Gasteiger partial charge >= 0.3 is 5.97 Å². The number of hydrogen-bond donors (Lipinski definition) is 0. The van der Waals surface area contributed by atoms with Gasteiger partial charge in [-0.15, -0.1) is 0 Å². The summed E-state index contributed by atoms with van der Waals surface area (Å²) in [6.45, 7) is 4.62. The maximum absolute atomic E-state index is 11.4. The van der Waals surface area contributed by atoms with Crippen molar-refractivity contribution in [2.75, 3.05) is 13.6 Å². The lowest BCUT2D eigenvalue weighted by Gasteiger charge is -2.16. The van der Waals surface area contributed by atoms with E-state index in [1.54, 1.807) is 6.20 Å². The molecule has 1 rings (SSSR count). The second-order valence-corrected chi connectivity index (χ2v) is 4.03. The van der Waals surface area contributed by atoms with Crippen LogP contribution in [0.1, 0.15) is 19.5 Å². The molecule has 0 aromatic carbocycles. The van der Waals surface area contributed by atoms with Crippen LogP contribution in [0.3, 0.4) is 0 Å². The molecule has 0 aliphatic rings. The fourth-order valence-corrected chi connectivity index (χ4v) is 1.34. The van der Waals surface area contributed by atoms with Crippen molar-refractivity contribution in [1.82, 2.24) is 9.88 Å². The Balaban J connectivity index is 2.36. The smallest absolute Gasteiger partial charge is 0.320 e. The predicted octanol–water partition coefficient (Wildman–Crippen LogP) is 1.46. The highest BCUT2D eigenvalue weighted by Gasteiger charge is 2.09. The van der Waals surface area contributed by atoms with Gasteiger partial charge in [0.2, 0.25) is 0 Å². The van der Waals surface area contributed by atoms with Gasteiger partial charge in [0.1, 0.15) is 0 Å². The molecule has 1 aromatic heterocycles. The van der Waals surface area contributed by atoms with Crippen LogP contribution in [0.15, 0.2) is 24.4 Å². The van der Waals surface area contributed by atoms with Gasteiger partial charge in [-0.3, -0.25) is 14.7 Å². The molecule has 0 saturated heterocycles. The van der Waals surface area contributed by atoms with E-state index in [1.165, 1.54) is 0 Å². The predicted molar refractivity (Wildman–Crippen MR) is 61.8 cm³/mol. The van der Waals surface area contributed by atoms with Gasteiger partial charge in [0.05, 0.1) is 18.3 Å². The molecule has 4 nitrogen and oxygen atoms in total. The SMILES string of the molecule is CC(C)OC(=O)CN(C)Cc1ccccn1. The Hall–Kier alpha value is -1.42. The number of ether oxygens (including phenoxy) is 1. The van der Waals surface area contributed by atoms with E-state index < -0.39 is 0 Å². The van der Waals surface area contributed by atoms with Crippen LogP contribution in [-0.2, 0) is 16.1 Å². The second-order valence-electron chi connectivity index (χ2n) is 4.03. The van der Waals surface area contributed by atoms with Gasteiger partial charge < -0.3 is 4.74 Å². The van der Waals surface area contributed by atoms with Crippen LogP contribution in [0.5, 0.6) is 0 Å². The molecular weight excluding hydrogens is 204 g/mol. The maximum atomic E-state index is 11.4. The highest BCUT2D eigenvalue weighted by molar-refractivity contribution is 5.71. The number of esters is 1. The van der Waals surface area contributed by atoms with Gasteiger partial charge in [0.25, 0.3) is 0 Å². The fourth-order valence-electron chi connectivity index (χ4n) is 1.34. The minimum Gasteiger partial charge on any atom is -0.462 e. The minimum atomic E-state index is -0.201. The zero-order valence-corrected chi connectivity index (χ0v) is 10.0. The summed E-state index contributed by atoms with van der Waals surface area (Å²) in [6, 6.07) is 5.74. The van der Waals surface area contributed by atoms with E-state index in [-0.39, 0.29) is 18.6 Å². The van der Waals surface area contributed by atoms with Crippen molar-refractivity contribution in [2.45, 2.75) is 26.5 Å². The molecule has 0 unspecified atom stereocenters. The number of aromatic nitrogens is 1.